The summed E-state index contributed by atoms with van der Waals surface area (Å²) in [6.07, 6.45) is 3.72. The highest BCUT2D eigenvalue weighted by atomic mass is 15.2. The summed E-state index contributed by atoms with van der Waals surface area (Å²) in [5.74, 6) is 0.745. The van der Waals surface area contributed by atoms with Crippen molar-refractivity contribution < 1.29 is 0 Å². The van der Waals surface area contributed by atoms with E-state index in [0.29, 0.717) is 0 Å². The molecule has 0 unspecified atom stereocenters. The molecule has 0 saturated heterocycles. The molecule has 1 N–H and O–H groups in total. The zero-order chi connectivity index (χ0) is 11.5. The minimum atomic E-state index is 0.125. The van der Waals surface area contributed by atoms with Crippen LogP contribution in [0.3, 0.4) is 0 Å². The smallest absolute Gasteiger partial charge is 0.224 e. The second kappa shape index (κ2) is 4.57. The van der Waals surface area contributed by atoms with Gasteiger partial charge in [-0.2, -0.15) is 0 Å². The maximum Gasteiger partial charge on any atom is 0.224 e. The van der Waals surface area contributed by atoms with Gasteiger partial charge in [-0.25, -0.2) is 9.97 Å². The summed E-state index contributed by atoms with van der Waals surface area (Å²) in [5, 5.41) is 3.39. The van der Waals surface area contributed by atoms with Gasteiger partial charge in [0.25, 0.3) is 0 Å². The molecule has 4 heteroatoms. The molecule has 0 aliphatic carbocycles. The Balaban J connectivity index is 2.57. The molecule has 1 aromatic rings. The molecular formula is C11H20N4. The van der Waals surface area contributed by atoms with Crippen molar-refractivity contribution in [2.75, 3.05) is 19.0 Å². The first-order valence-corrected chi connectivity index (χ1v) is 5.12. The normalized spacial score (nSPS) is 11.5. The van der Waals surface area contributed by atoms with Crippen molar-refractivity contribution in [3.8, 4) is 0 Å². The number of hydrogen-bond acceptors (Lipinski definition) is 4. The lowest BCUT2D eigenvalue weighted by atomic mass is 10.1. The van der Waals surface area contributed by atoms with Gasteiger partial charge in [0.1, 0.15) is 0 Å². The van der Waals surface area contributed by atoms with E-state index in [9.17, 15) is 0 Å². The van der Waals surface area contributed by atoms with Crippen LogP contribution in [0.15, 0.2) is 12.4 Å². The summed E-state index contributed by atoms with van der Waals surface area (Å²) in [5.41, 5.74) is 1.23. The van der Waals surface area contributed by atoms with Crippen LogP contribution >= 0.6 is 0 Å². The molecule has 0 spiro atoms. The Morgan fingerprint density at radius 3 is 2.13 bits per heavy atom. The quantitative estimate of drug-likeness (QED) is 0.816. The molecule has 0 aliphatic heterocycles. The van der Waals surface area contributed by atoms with Crippen LogP contribution in [0.25, 0.3) is 0 Å². The van der Waals surface area contributed by atoms with Gasteiger partial charge < -0.3 is 10.2 Å². The maximum absolute atomic E-state index is 4.25. The van der Waals surface area contributed by atoms with Crippen molar-refractivity contribution in [3.05, 3.63) is 18.0 Å². The highest BCUT2D eigenvalue weighted by Crippen LogP contribution is 2.05. The molecule has 1 heterocycles. The topological polar surface area (TPSA) is 41.1 Å². The number of nitrogens with one attached hydrogen (secondary N) is 1. The van der Waals surface area contributed by atoms with Gasteiger partial charge in [0.2, 0.25) is 5.95 Å². The molecule has 1 rings (SSSR count). The summed E-state index contributed by atoms with van der Waals surface area (Å²) in [6.45, 7) is 7.23. The predicted octanol–water partition coefficient (Wildman–Crippen LogP) is 1.43. The van der Waals surface area contributed by atoms with Crippen LogP contribution in [0.2, 0.25) is 0 Å². The summed E-state index contributed by atoms with van der Waals surface area (Å²) in [4.78, 5) is 10.4. The van der Waals surface area contributed by atoms with Gasteiger partial charge in [0.05, 0.1) is 0 Å². The van der Waals surface area contributed by atoms with E-state index in [1.807, 2.05) is 31.4 Å². The molecule has 84 valence electrons. The van der Waals surface area contributed by atoms with E-state index in [0.717, 1.165) is 18.1 Å². The second-order valence-electron chi connectivity index (χ2n) is 4.89. The van der Waals surface area contributed by atoms with E-state index in [2.05, 4.69) is 36.1 Å². The van der Waals surface area contributed by atoms with Gasteiger partial charge in [-0.3, -0.25) is 0 Å². The molecule has 0 radical (unpaired) electrons. The minimum Gasteiger partial charge on any atom is -0.347 e. The van der Waals surface area contributed by atoms with Crippen molar-refractivity contribution in [1.29, 1.82) is 0 Å². The van der Waals surface area contributed by atoms with E-state index in [-0.39, 0.29) is 5.54 Å². The van der Waals surface area contributed by atoms with Gasteiger partial charge in [-0.1, -0.05) is 0 Å². The molecule has 0 fully saturated rings. The van der Waals surface area contributed by atoms with E-state index < -0.39 is 0 Å². The molecule has 1 aromatic heterocycles. The van der Waals surface area contributed by atoms with Crippen LogP contribution < -0.4 is 10.2 Å². The Bertz CT molecular complexity index is 297. The zero-order valence-corrected chi connectivity index (χ0v) is 10.2. The second-order valence-corrected chi connectivity index (χ2v) is 4.89. The summed E-state index contributed by atoms with van der Waals surface area (Å²) < 4.78 is 0. The van der Waals surface area contributed by atoms with Crippen molar-refractivity contribution in [2.45, 2.75) is 32.9 Å². The van der Waals surface area contributed by atoms with E-state index in [1.165, 1.54) is 0 Å². The molecule has 0 amide bonds. The van der Waals surface area contributed by atoms with Crippen molar-refractivity contribution in [2.24, 2.45) is 0 Å². The molecule has 0 aromatic carbocycles. The lowest BCUT2D eigenvalue weighted by Gasteiger charge is -2.20. The summed E-state index contributed by atoms with van der Waals surface area (Å²) in [6, 6.07) is 0. The molecule has 0 atom stereocenters. The third kappa shape index (κ3) is 4.25. The number of anilines is 1. The molecular weight excluding hydrogens is 188 g/mol. The number of nitrogens with zero attached hydrogens (tertiary/aromatic N) is 3. The molecule has 4 nitrogen and oxygen atoms in total. The highest BCUT2D eigenvalue weighted by Gasteiger charge is 2.08. The third-order valence-electron chi connectivity index (χ3n) is 1.91. The van der Waals surface area contributed by atoms with Crippen LogP contribution in [-0.4, -0.2) is 29.6 Å². The van der Waals surface area contributed by atoms with Crippen LogP contribution in [0.5, 0.6) is 0 Å². The molecule has 0 bridgehead atoms. The fraction of sp³-hybridized carbons (Fsp3) is 0.636. The van der Waals surface area contributed by atoms with E-state index >= 15 is 0 Å². The van der Waals surface area contributed by atoms with Gasteiger partial charge in [-0.15, -0.1) is 0 Å². The number of rotatable bonds is 3. The fourth-order valence-corrected chi connectivity index (χ4v) is 1.04. The van der Waals surface area contributed by atoms with Crippen LogP contribution in [-0.2, 0) is 6.54 Å². The van der Waals surface area contributed by atoms with Gasteiger partial charge in [-0.05, 0) is 20.8 Å². The third-order valence-corrected chi connectivity index (χ3v) is 1.91. The average molecular weight is 208 g/mol. The molecule has 0 aliphatic rings. The first kappa shape index (κ1) is 11.9. The standard InChI is InChI=1S/C11H20N4/c1-11(2,3)14-8-9-6-12-10(13-7-9)15(4)5/h6-7,14H,8H2,1-5H3. The maximum atomic E-state index is 4.25. The fourth-order valence-electron chi connectivity index (χ4n) is 1.04. The Morgan fingerprint density at radius 1 is 1.20 bits per heavy atom. The van der Waals surface area contributed by atoms with Crippen molar-refractivity contribution in [3.63, 3.8) is 0 Å². The molecule has 0 saturated carbocycles. The van der Waals surface area contributed by atoms with E-state index in [1.54, 1.807) is 0 Å². The monoisotopic (exact) mass is 208 g/mol. The highest BCUT2D eigenvalue weighted by molar-refractivity contribution is 5.26. The Hall–Kier alpha value is -1.16. The first-order chi connectivity index (χ1) is 6.88. The lowest BCUT2D eigenvalue weighted by Crippen LogP contribution is -2.35. The van der Waals surface area contributed by atoms with Crippen LogP contribution in [0.1, 0.15) is 26.3 Å². The number of hydrogen-bond donors (Lipinski definition) is 1. The summed E-state index contributed by atoms with van der Waals surface area (Å²) in [7, 11) is 3.87. The zero-order valence-electron chi connectivity index (χ0n) is 10.2. The lowest BCUT2D eigenvalue weighted by molar-refractivity contribution is 0.423. The van der Waals surface area contributed by atoms with Gasteiger partial charge in [0, 0.05) is 44.1 Å². The first-order valence-electron chi connectivity index (χ1n) is 5.12. The van der Waals surface area contributed by atoms with Crippen molar-refractivity contribution in [1.82, 2.24) is 15.3 Å². The van der Waals surface area contributed by atoms with Crippen LogP contribution in [0.4, 0.5) is 5.95 Å². The Morgan fingerprint density at radius 2 is 1.73 bits per heavy atom. The Kier molecular flexibility index (Phi) is 3.63. The van der Waals surface area contributed by atoms with Gasteiger partial charge >= 0.3 is 0 Å². The Labute approximate surface area is 91.7 Å². The molecule has 15 heavy (non-hydrogen) atoms. The largest absolute Gasteiger partial charge is 0.347 e. The average Bonchev–Trinajstić information content (AvgIpc) is 2.14. The summed E-state index contributed by atoms with van der Waals surface area (Å²) >= 11 is 0. The number of aromatic nitrogens is 2. The van der Waals surface area contributed by atoms with Gasteiger partial charge in [0.15, 0.2) is 0 Å². The SMILES string of the molecule is CN(C)c1ncc(CNC(C)(C)C)cn1. The van der Waals surface area contributed by atoms with Crippen LogP contribution in [0, 0.1) is 0 Å². The predicted molar refractivity (Wildman–Crippen MR) is 63.0 cm³/mol. The van der Waals surface area contributed by atoms with E-state index in [4.69, 9.17) is 0 Å². The van der Waals surface area contributed by atoms with Crippen molar-refractivity contribution >= 4 is 5.95 Å². The minimum absolute atomic E-state index is 0.125.